The standard InChI is InChI=1S/C42H36F5N7O3/c1-2-29-32(43)11-8-23-17-28(55)18-30(33(23)29)36-34(44)37-31(19-49-36)38(51-40(50-37)57-22-41-12-4-14-53(41)15-5-13-41)52-20-26-9-10-27(21-52)54(26)39(56)35(48)24-6-3-7-25(16-24)42(45,46)47/h1,3,6-8,11,16-19,26-27,48,55H,4-5,9-10,12-15,20-22H2. The van der Waals surface area contributed by atoms with Gasteiger partial charge in [-0.1, -0.05) is 24.1 Å². The van der Waals surface area contributed by atoms with Gasteiger partial charge in [0, 0.05) is 35.8 Å². The van der Waals surface area contributed by atoms with Crippen molar-refractivity contribution in [1.29, 1.82) is 5.41 Å². The van der Waals surface area contributed by atoms with E-state index < -0.39 is 47.1 Å². The van der Waals surface area contributed by atoms with Crippen molar-refractivity contribution in [2.45, 2.75) is 62.3 Å². The minimum Gasteiger partial charge on any atom is -0.508 e. The average Bonchev–Trinajstić information content (AvgIpc) is 3.86. The molecule has 15 heteroatoms. The van der Waals surface area contributed by atoms with E-state index in [0.29, 0.717) is 30.7 Å². The molecule has 2 aromatic heterocycles. The predicted octanol–water partition coefficient (Wildman–Crippen LogP) is 7.08. The van der Waals surface area contributed by atoms with Gasteiger partial charge in [0.05, 0.1) is 34.1 Å². The first kappa shape index (κ1) is 36.7. The Morgan fingerprint density at radius 3 is 2.47 bits per heavy atom. The van der Waals surface area contributed by atoms with Crippen LogP contribution in [0.25, 0.3) is 32.9 Å². The van der Waals surface area contributed by atoms with Gasteiger partial charge in [-0.15, -0.1) is 6.42 Å². The molecule has 9 rings (SSSR count). The van der Waals surface area contributed by atoms with E-state index in [-0.39, 0.29) is 69.1 Å². The van der Waals surface area contributed by atoms with Crippen molar-refractivity contribution >= 4 is 39.1 Å². The molecule has 0 spiro atoms. The lowest BCUT2D eigenvalue weighted by Gasteiger charge is -2.42. The van der Waals surface area contributed by atoms with Crippen molar-refractivity contribution in [3.63, 3.8) is 0 Å². The molecule has 2 unspecified atom stereocenters. The number of nitrogens with zero attached hydrogens (tertiary/aromatic N) is 6. The number of phenolic OH excluding ortho intramolecular Hbond substituents is 1. The van der Waals surface area contributed by atoms with Crippen LogP contribution in [0.2, 0.25) is 0 Å². The van der Waals surface area contributed by atoms with E-state index in [1.165, 1.54) is 42.6 Å². The topological polar surface area (TPSA) is 119 Å². The highest BCUT2D eigenvalue weighted by Crippen LogP contribution is 2.42. The van der Waals surface area contributed by atoms with Gasteiger partial charge < -0.3 is 19.6 Å². The third-order valence-electron chi connectivity index (χ3n) is 12.1. The highest BCUT2D eigenvalue weighted by Gasteiger charge is 2.46. The Balaban J connectivity index is 1.10. The number of ether oxygens (including phenoxy) is 1. The second kappa shape index (κ2) is 13.7. The van der Waals surface area contributed by atoms with Gasteiger partial charge in [-0.05, 0) is 87.3 Å². The van der Waals surface area contributed by atoms with Crippen LogP contribution in [-0.4, -0.2) is 91.9 Å². The number of terminal acetylenes is 1. The average molecular weight is 782 g/mol. The lowest BCUT2D eigenvalue weighted by Crippen LogP contribution is -2.57. The number of halogens is 5. The van der Waals surface area contributed by atoms with Crippen molar-refractivity contribution in [2.75, 3.05) is 37.7 Å². The quantitative estimate of drug-likeness (QED) is 0.102. The van der Waals surface area contributed by atoms with Crippen molar-refractivity contribution in [2.24, 2.45) is 0 Å². The zero-order chi connectivity index (χ0) is 39.8. The van der Waals surface area contributed by atoms with Gasteiger partial charge >= 0.3 is 12.2 Å². The number of aromatic nitrogens is 3. The monoisotopic (exact) mass is 781 g/mol. The van der Waals surface area contributed by atoms with Gasteiger partial charge in [0.15, 0.2) is 5.82 Å². The second-order valence-corrected chi connectivity index (χ2v) is 15.3. The van der Waals surface area contributed by atoms with Crippen LogP contribution in [0.3, 0.4) is 0 Å². The first-order chi connectivity index (χ1) is 27.3. The highest BCUT2D eigenvalue weighted by atomic mass is 19.4. The van der Waals surface area contributed by atoms with Crippen LogP contribution < -0.4 is 9.64 Å². The SMILES string of the molecule is C#Cc1c(F)ccc2cc(O)cc(-c3ncc4c(N5CC6CCC(C5)N6C(=O)C(=N)c5cccc(C(F)(F)F)c5)nc(OCC56CCCN5CCC6)nc4c3F)c12. The van der Waals surface area contributed by atoms with E-state index in [9.17, 15) is 27.5 Å². The van der Waals surface area contributed by atoms with E-state index in [0.717, 1.165) is 50.9 Å². The minimum atomic E-state index is -4.63. The van der Waals surface area contributed by atoms with Crippen LogP contribution in [0.4, 0.5) is 27.8 Å². The molecular weight excluding hydrogens is 745 g/mol. The summed E-state index contributed by atoms with van der Waals surface area (Å²) in [6, 6.07) is 8.59. The number of piperazine rings is 1. The number of pyridine rings is 1. The molecule has 3 aromatic carbocycles. The molecule has 2 atom stereocenters. The van der Waals surface area contributed by atoms with Gasteiger partial charge in [0.1, 0.15) is 40.9 Å². The fraction of sp³-hybridized carbons (Fsp3) is 0.357. The smallest absolute Gasteiger partial charge is 0.416 e. The van der Waals surface area contributed by atoms with Crippen LogP contribution in [0.15, 0.2) is 54.7 Å². The minimum absolute atomic E-state index is 0.0602. The summed E-state index contributed by atoms with van der Waals surface area (Å²) in [7, 11) is 0. The molecule has 4 aliphatic rings. The Bertz CT molecular complexity index is 2510. The number of rotatable bonds is 7. The number of anilines is 1. The number of hydrogen-bond acceptors (Lipinski definition) is 9. The lowest BCUT2D eigenvalue weighted by atomic mass is 9.95. The van der Waals surface area contributed by atoms with Crippen LogP contribution in [0.1, 0.15) is 55.2 Å². The maximum absolute atomic E-state index is 17.1. The Hall–Kier alpha value is -5.88. The number of hydrogen-bond donors (Lipinski definition) is 2. The number of phenols is 1. The van der Waals surface area contributed by atoms with Crippen molar-refractivity contribution in [3.8, 4) is 35.4 Å². The fourth-order valence-electron chi connectivity index (χ4n) is 9.44. The number of amides is 1. The number of nitrogens with one attached hydrogen (secondary N) is 1. The molecule has 292 valence electrons. The molecule has 5 aromatic rings. The van der Waals surface area contributed by atoms with E-state index in [2.05, 4.69) is 20.8 Å². The number of aromatic hydroxyl groups is 1. The number of carbonyl (C=O) groups is 1. The Morgan fingerprint density at radius 2 is 1.77 bits per heavy atom. The summed E-state index contributed by atoms with van der Waals surface area (Å²) in [6.07, 6.45) is 7.60. The van der Waals surface area contributed by atoms with Gasteiger partial charge in [0.2, 0.25) is 0 Å². The van der Waals surface area contributed by atoms with Crippen LogP contribution in [-0.2, 0) is 11.0 Å². The highest BCUT2D eigenvalue weighted by molar-refractivity contribution is 6.44. The predicted molar refractivity (Wildman–Crippen MR) is 202 cm³/mol. The molecule has 2 bridgehead atoms. The van der Waals surface area contributed by atoms with Crippen LogP contribution in [0.5, 0.6) is 11.8 Å². The molecule has 0 aliphatic carbocycles. The summed E-state index contributed by atoms with van der Waals surface area (Å²) in [5.74, 6) is 0.222. The number of benzene rings is 3. The largest absolute Gasteiger partial charge is 0.508 e. The summed E-state index contributed by atoms with van der Waals surface area (Å²) in [5.41, 5.74) is -2.18. The number of carbonyl (C=O) groups excluding carboxylic acids is 1. The summed E-state index contributed by atoms with van der Waals surface area (Å²) >= 11 is 0. The van der Waals surface area contributed by atoms with E-state index in [4.69, 9.17) is 21.6 Å². The number of fused-ring (bicyclic) bond motifs is 5. The molecule has 4 saturated heterocycles. The van der Waals surface area contributed by atoms with E-state index in [1.807, 2.05) is 4.90 Å². The normalized spacial score (nSPS) is 20.3. The van der Waals surface area contributed by atoms with Crippen molar-refractivity contribution < 1.29 is 36.6 Å². The molecule has 4 fully saturated rings. The third-order valence-corrected chi connectivity index (χ3v) is 12.1. The maximum Gasteiger partial charge on any atom is 0.416 e. The summed E-state index contributed by atoms with van der Waals surface area (Å²) in [5, 5.41) is 20.1. The van der Waals surface area contributed by atoms with E-state index >= 15 is 4.39 Å². The molecule has 4 aliphatic heterocycles. The summed E-state index contributed by atoms with van der Waals surface area (Å²) in [4.78, 5) is 33.6. The van der Waals surface area contributed by atoms with Crippen molar-refractivity contribution in [3.05, 3.63) is 83.1 Å². The summed E-state index contributed by atoms with van der Waals surface area (Å²) in [6.45, 7) is 2.68. The Morgan fingerprint density at radius 1 is 1.04 bits per heavy atom. The summed E-state index contributed by atoms with van der Waals surface area (Å²) < 4.78 is 78.8. The molecule has 57 heavy (non-hydrogen) atoms. The first-order valence-electron chi connectivity index (χ1n) is 18.9. The zero-order valence-corrected chi connectivity index (χ0v) is 30.5. The Kier molecular flexibility index (Phi) is 8.80. The molecule has 6 heterocycles. The zero-order valence-electron chi connectivity index (χ0n) is 30.5. The first-order valence-corrected chi connectivity index (χ1v) is 18.9. The van der Waals surface area contributed by atoms with Crippen LogP contribution >= 0.6 is 0 Å². The molecule has 1 amide bonds. The second-order valence-electron chi connectivity index (χ2n) is 15.3. The van der Waals surface area contributed by atoms with Gasteiger partial charge in [-0.25, -0.2) is 8.78 Å². The molecule has 2 N–H and O–H groups in total. The molecule has 10 nitrogen and oxygen atoms in total. The van der Waals surface area contributed by atoms with Crippen molar-refractivity contribution in [1.82, 2.24) is 24.8 Å². The van der Waals surface area contributed by atoms with Gasteiger partial charge in [-0.2, -0.15) is 23.1 Å². The fourth-order valence-corrected chi connectivity index (χ4v) is 9.44. The van der Waals surface area contributed by atoms with Crippen LogP contribution in [0, 0.1) is 29.4 Å². The maximum atomic E-state index is 17.1. The Labute approximate surface area is 323 Å². The van der Waals surface area contributed by atoms with E-state index in [1.54, 1.807) is 4.90 Å². The van der Waals surface area contributed by atoms with Gasteiger partial charge in [-0.3, -0.25) is 20.1 Å². The molecular formula is C42H36F5N7O3. The number of alkyl halides is 3. The molecule has 0 radical (unpaired) electrons. The lowest BCUT2D eigenvalue weighted by molar-refractivity contribution is -0.137. The van der Waals surface area contributed by atoms with Gasteiger partial charge in [0.25, 0.3) is 5.91 Å². The molecule has 0 saturated carbocycles. The third kappa shape index (κ3) is 6.17.